The molecule has 0 amide bonds. The minimum atomic E-state index is 0. The molecular weight excluding hydrogens is 156 g/mol. The van der Waals surface area contributed by atoms with Crippen molar-refractivity contribution in [3.05, 3.63) is 0 Å². The third kappa shape index (κ3) is 97.9. The van der Waals surface area contributed by atoms with Gasteiger partial charge in [-0.05, 0) is 0 Å². The summed E-state index contributed by atoms with van der Waals surface area (Å²) in [6, 6.07) is 0. The zero-order valence-electron chi connectivity index (χ0n) is 2.01. The fourth-order valence-electron chi connectivity index (χ4n) is 0. The molecule has 0 aliphatic rings. The van der Waals surface area contributed by atoms with Crippen molar-refractivity contribution in [2.24, 2.45) is 0 Å². The molecule has 0 saturated carbocycles. The third-order valence-electron chi connectivity index (χ3n) is 0. The Bertz CT molecular complexity index is 7.51. The van der Waals surface area contributed by atoms with Crippen LogP contribution in [0.2, 0.25) is 0 Å². The quantitative estimate of drug-likeness (QED) is 0.241. The van der Waals surface area contributed by atoms with E-state index in [4.69, 9.17) is 0 Å². The van der Waals surface area contributed by atoms with Gasteiger partial charge in [0.15, 0.2) is 0 Å². The van der Waals surface area contributed by atoms with E-state index in [0.717, 1.165) is 0 Å². The van der Waals surface area contributed by atoms with Gasteiger partial charge in [-0.3, -0.25) is 0 Å². The summed E-state index contributed by atoms with van der Waals surface area (Å²) in [5.41, 5.74) is 0. The van der Waals surface area contributed by atoms with Crippen LogP contribution in [0.5, 0.6) is 0 Å². The van der Waals surface area contributed by atoms with E-state index in [1.165, 1.54) is 0 Å². The second-order valence-electron chi connectivity index (χ2n) is 0. The fraction of sp³-hybridized carbons (Fsp3) is 0. The number of rotatable bonds is 0. The Hall–Kier alpha value is 0.860. The summed E-state index contributed by atoms with van der Waals surface area (Å²) in [4.78, 5) is 0. The summed E-state index contributed by atoms with van der Waals surface area (Å²) in [6.07, 6.45) is 0. The van der Waals surface area contributed by atoms with Gasteiger partial charge in [0, 0.05) is 0 Å². The van der Waals surface area contributed by atoms with Gasteiger partial charge >= 0.3 is 36.5 Å². The standard InChI is InChI=1S/4FH.Ge.Li.H/h4*1H;;;/q;;;;+4;;/p-4. The summed E-state index contributed by atoms with van der Waals surface area (Å²) in [5, 5.41) is 0. The molecule has 0 N–H and O–H groups in total. The van der Waals surface area contributed by atoms with Crippen LogP contribution in [0.4, 0.5) is 0 Å². The first-order valence-corrected chi connectivity index (χ1v) is 0. The fourth-order valence-corrected chi connectivity index (χ4v) is 0. The molecule has 0 bridgehead atoms. The SMILES string of the molecule is [F-].[F-].[F-].[F-].[Ge+4].[LiH]. The van der Waals surface area contributed by atoms with Crippen LogP contribution in [0.3, 0.4) is 0 Å². The normalized spacial score (nSPS) is 0. The van der Waals surface area contributed by atoms with Crippen LogP contribution in [-0.4, -0.2) is 36.5 Å². The Morgan fingerprint density at radius 3 is 0.500 bits per heavy atom. The van der Waals surface area contributed by atoms with Crippen molar-refractivity contribution in [2.75, 3.05) is 0 Å². The molecule has 34 valence electrons. The molecule has 0 aliphatic carbocycles. The van der Waals surface area contributed by atoms with Gasteiger partial charge in [0.05, 0.1) is 0 Å². The molecular formula is HF4GeLi. The first-order chi connectivity index (χ1) is 0. The van der Waals surface area contributed by atoms with E-state index in [1.54, 1.807) is 0 Å². The van der Waals surface area contributed by atoms with E-state index in [1.807, 2.05) is 0 Å². The Kier molecular flexibility index (Phi) is 9930. The molecule has 0 aromatic carbocycles. The second kappa shape index (κ2) is 187. The number of hydrogen-bond donors (Lipinski definition) is 0. The van der Waals surface area contributed by atoms with Gasteiger partial charge in [-0.25, -0.2) is 0 Å². The molecule has 0 radical (unpaired) electrons. The molecule has 0 aliphatic heterocycles. The monoisotopic (exact) mass is 158 g/mol. The number of halogens is 4. The van der Waals surface area contributed by atoms with Crippen molar-refractivity contribution in [2.45, 2.75) is 0 Å². The molecule has 0 aromatic rings. The van der Waals surface area contributed by atoms with Gasteiger partial charge < -0.3 is 18.8 Å². The van der Waals surface area contributed by atoms with Crippen molar-refractivity contribution in [3.8, 4) is 0 Å². The molecule has 0 unspecified atom stereocenters. The molecule has 0 spiro atoms. The number of hydrogen-bond acceptors (Lipinski definition) is 0. The first-order valence-electron chi connectivity index (χ1n) is 0. The Balaban J connectivity index is 0. The van der Waals surface area contributed by atoms with E-state index >= 15 is 0 Å². The summed E-state index contributed by atoms with van der Waals surface area (Å²) in [6.45, 7) is 0. The van der Waals surface area contributed by atoms with Crippen molar-refractivity contribution in [1.29, 1.82) is 0 Å². The molecule has 0 rings (SSSR count). The molecule has 0 aromatic heterocycles. The predicted molar refractivity (Wildman–Crippen MR) is 12.9 cm³/mol. The van der Waals surface area contributed by atoms with Crippen molar-refractivity contribution in [1.82, 2.24) is 0 Å². The van der Waals surface area contributed by atoms with Crippen molar-refractivity contribution in [3.63, 3.8) is 0 Å². The van der Waals surface area contributed by atoms with Crippen LogP contribution in [0.25, 0.3) is 0 Å². The van der Waals surface area contributed by atoms with E-state index in [2.05, 4.69) is 0 Å². The maximum absolute atomic E-state index is 0. The van der Waals surface area contributed by atoms with Gasteiger partial charge in [0.25, 0.3) is 0 Å². The maximum atomic E-state index is 0. The molecule has 0 atom stereocenters. The average molecular weight is 157 g/mol. The summed E-state index contributed by atoms with van der Waals surface area (Å²) in [7, 11) is 0. The molecule has 6 heavy (non-hydrogen) atoms. The molecule has 0 nitrogen and oxygen atoms in total. The van der Waals surface area contributed by atoms with E-state index in [-0.39, 0.29) is 55.3 Å². The van der Waals surface area contributed by atoms with Crippen LogP contribution < -0.4 is 18.8 Å². The Morgan fingerprint density at radius 1 is 0.500 bits per heavy atom. The Labute approximate surface area is 55.7 Å². The van der Waals surface area contributed by atoms with Crippen molar-refractivity contribution < 1.29 is 18.8 Å². The van der Waals surface area contributed by atoms with Crippen LogP contribution in [0, 0.1) is 0 Å². The molecule has 0 heterocycles. The molecule has 6 heteroatoms. The third-order valence-corrected chi connectivity index (χ3v) is 0. The minimum absolute atomic E-state index is 0. The van der Waals surface area contributed by atoms with E-state index < -0.39 is 0 Å². The van der Waals surface area contributed by atoms with Gasteiger partial charge in [0.1, 0.15) is 0 Å². The predicted octanol–water partition coefficient (Wildman–Crippen LogP) is -13.0. The topological polar surface area (TPSA) is 0 Å². The zero-order valence-corrected chi connectivity index (χ0v) is 4.11. The first kappa shape index (κ1) is 318. The van der Waals surface area contributed by atoms with Crippen LogP contribution in [-0.2, 0) is 0 Å². The Morgan fingerprint density at radius 2 is 0.500 bits per heavy atom. The van der Waals surface area contributed by atoms with Gasteiger partial charge in [-0.15, -0.1) is 0 Å². The summed E-state index contributed by atoms with van der Waals surface area (Å²) < 4.78 is 0. The average Bonchev–Trinajstić information content (AvgIpc) is 0. The summed E-state index contributed by atoms with van der Waals surface area (Å²) in [5.74, 6) is 0. The van der Waals surface area contributed by atoms with Crippen LogP contribution >= 0.6 is 0 Å². The van der Waals surface area contributed by atoms with Crippen molar-refractivity contribution >= 4 is 36.5 Å². The molecule has 0 saturated heterocycles. The zero-order chi connectivity index (χ0) is 0. The van der Waals surface area contributed by atoms with Crippen LogP contribution in [0.1, 0.15) is 0 Å². The van der Waals surface area contributed by atoms with Gasteiger partial charge in [0.2, 0.25) is 0 Å². The van der Waals surface area contributed by atoms with Crippen LogP contribution in [0.15, 0.2) is 0 Å². The van der Waals surface area contributed by atoms with E-state index in [9.17, 15) is 0 Å². The summed E-state index contributed by atoms with van der Waals surface area (Å²) >= 11 is 0. The van der Waals surface area contributed by atoms with Gasteiger partial charge in [-0.1, -0.05) is 0 Å². The second-order valence-corrected chi connectivity index (χ2v) is 0. The van der Waals surface area contributed by atoms with E-state index in [0.29, 0.717) is 0 Å². The van der Waals surface area contributed by atoms with Gasteiger partial charge in [-0.2, -0.15) is 0 Å². The molecule has 0 fully saturated rings.